The number of rotatable bonds is 2. The highest BCUT2D eigenvalue weighted by molar-refractivity contribution is 5.83. The van der Waals surface area contributed by atoms with Crippen molar-refractivity contribution < 1.29 is 4.39 Å². The number of halogens is 1. The van der Waals surface area contributed by atoms with E-state index in [1.807, 2.05) is 41.1 Å². The molecule has 1 heterocycles. The Bertz CT molecular complexity index is 701. The molecule has 0 unspecified atom stereocenters. The van der Waals surface area contributed by atoms with Crippen LogP contribution in [-0.2, 0) is 6.54 Å². The number of hydrogen-bond donors (Lipinski definition) is 1. The molecule has 0 aliphatic heterocycles. The SMILES string of the molecule is Nc1ccc2ccn(Cc3ccccc3F)c2c1. The van der Waals surface area contributed by atoms with Crippen molar-refractivity contribution in [1.82, 2.24) is 4.57 Å². The highest BCUT2D eigenvalue weighted by Crippen LogP contribution is 2.20. The average Bonchev–Trinajstić information content (AvgIpc) is 2.75. The van der Waals surface area contributed by atoms with E-state index in [9.17, 15) is 4.39 Å². The molecule has 0 aliphatic carbocycles. The number of anilines is 1. The summed E-state index contributed by atoms with van der Waals surface area (Å²) in [6.07, 6.45) is 1.95. The number of aromatic nitrogens is 1. The molecule has 0 saturated carbocycles. The van der Waals surface area contributed by atoms with Crippen molar-refractivity contribution in [2.24, 2.45) is 0 Å². The highest BCUT2D eigenvalue weighted by atomic mass is 19.1. The second-order valence-corrected chi connectivity index (χ2v) is 4.35. The van der Waals surface area contributed by atoms with Crippen LogP contribution in [0.25, 0.3) is 10.9 Å². The van der Waals surface area contributed by atoms with E-state index < -0.39 is 0 Å². The van der Waals surface area contributed by atoms with Gasteiger partial charge >= 0.3 is 0 Å². The summed E-state index contributed by atoms with van der Waals surface area (Å²) in [6.45, 7) is 0.514. The van der Waals surface area contributed by atoms with Gasteiger partial charge in [-0.25, -0.2) is 4.39 Å². The summed E-state index contributed by atoms with van der Waals surface area (Å²) >= 11 is 0. The number of nitrogens with two attached hydrogens (primary N) is 1. The summed E-state index contributed by atoms with van der Waals surface area (Å²) in [6, 6.07) is 14.6. The molecule has 3 rings (SSSR count). The van der Waals surface area contributed by atoms with Gasteiger partial charge in [-0.1, -0.05) is 24.3 Å². The molecule has 0 radical (unpaired) electrons. The molecule has 90 valence electrons. The van der Waals surface area contributed by atoms with Gasteiger partial charge in [0.1, 0.15) is 5.82 Å². The predicted octanol–water partition coefficient (Wildman–Crippen LogP) is 3.41. The second-order valence-electron chi connectivity index (χ2n) is 4.35. The minimum atomic E-state index is -0.178. The first-order valence-corrected chi connectivity index (χ1v) is 5.82. The minimum absolute atomic E-state index is 0.178. The monoisotopic (exact) mass is 240 g/mol. The van der Waals surface area contributed by atoms with Crippen LogP contribution in [0.5, 0.6) is 0 Å². The van der Waals surface area contributed by atoms with Crippen molar-refractivity contribution >= 4 is 16.6 Å². The molecule has 2 N–H and O–H groups in total. The van der Waals surface area contributed by atoms with Crippen LogP contribution in [0.4, 0.5) is 10.1 Å². The van der Waals surface area contributed by atoms with Crippen LogP contribution in [-0.4, -0.2) is 4.57 Å². The molecule has 0 saturated heterocycles. The van der Waals surface area contributed by atoms with Gasteiger partial charge in [-0.2, -0.15) is 0 Å². The van der Waals surface area contributed by atoms with Crippen molar-refractivity contribution in [2.75, 3.05) is 5.73 Å². The van der Waals surface area contributed by atoms with Crippen molar-refractivity contribution in [3.05, 3.63) is 66.1 Å². The zero-order valence-electron chi connectivity index (χ0n) is 9.81. The fourth-order valence-corrected chi connectivity index (χ4v) is 2.15. The van der Waals surface area contributed by atoms with E-state index in [0.29, 0.717) is 12.1 Å². The molecule has 3 aromatic rings. The predicted molar refractivity (Wildman–Crippen MR) is 71.9 cm³/mol. The van der Waals surface area contributed by atoms with Gasteiger partial charge < -0.3 is 10.3 Å². The van der Waals surface area contributed by atoms with E-state index in [0.717, 1.165) is 16.6 Å². The van der Waals surface area contributed by atoms with Crippen molar-refractivity contribution in [1.29, 1.82) is 0 Å². The number of nitrogens with zero attached hydrogens (tertiary/aromatic N) is 1. The number of hydrogen-bond acceptors (Lipinski definition) is 1. The van der Waals surface area contributed by atoms with Gasteiger partial charge in [-0.15, -0.1) is 0 Å². The van der Waals surface area contributed by atoms with E-state index in [1.54, 1.807) is 12.1 Å². The Labute approximate surface area is 104 Å². The molecule has 18 heavy (non-hydrogen) atoms. The van der Waals surface area contributed by atoms with Gasteiger partial charge in [0.05, 0.1) is 12.1 Å². The van der Waals surface area contributed by atoms with E-state index >= 15 is 0 Å². The molecule has 0 amide bonds. The van der Waals surface area contributed by atoms with Gasteiger partial charge in [0.2, 0.25) is 0 Å². The lowest BCUT2D eigenvalue weighted by Crippen LogP contribution is -2.00. The Balaban J connectivity index is 2.05. The Hall–Kier alpha value is -2.29. The Morgan fingerprint density at radius 1 is 1.06 bits per heavy atom. The quantitative estimate of drug-likeness (QED) is 0.684. The van der Waals surface area contributed by atoms with E-state index in [-0.39, 0.29) is 5.82 Å². The molecule has 0 atom stereocenters. The summed E-state index contributed by atoms with van der Waals surface area (Å²) in [5, 5.41) is 1.11. The molecule has 0 fully saturated rings. The maximum atomic E-state index is 13.6. The lowest BCUT2D eigenvalue weighted by molar-refractivity contribution is 0.602. The lowest BCUT2D eigenvalue weighted by Gasteiger charge is -2.07. The maximum absolute atomic E-state index is 13.6. The van der Waals surface area contributed by atoms with Gasteiger partial charge in [0.25, 0.3) is 0 Å². The molecule has 0 aliphatic rings. The van der Waals surface area contributed by atoms with Crippen LogP contribution in [0.3, 0.4) is 0 Å². The smallest absolute Gasteiger partial charge is 0.128 e. The molecule has 1 aromatic heterocycles. The molecule has 2 nitrogen and oxygen atoms in total. The number of fused-ring (bicyclic) bond motifs is 1. The Kier molecular flexibility index (Phi) is 2.52. The highest BCUT2D eigenvalue weighted by Gasteiger charge is 2.05. The summed E-state index contributed by atoms with van der Waals surface area (Å²) in [4.78, 5) is 0. The lowest BCUT2D eigenvalue weighted by atomic mass is 10.2. The molecule has 0 bridgehead atoms. The normalized spacial score (nSPS) is 10.9. The molecule has 2 aromatic carbocycles. The maximum Gasteiger partial charge on any atom is 0.128 e. The first-order valence-electron chi connectivity index (χ1n) is 5.82. The number of benzene rings is 2. The van der Waals surface area contributed by atoms with Gasteiger partial charge in [-0.3, -0.25) is 0 Å². The number of nitrogen functional groups attached to an aromatic ring is 1. The zero-order chi connectivity index (χ0) is 12.5. The summed E-state index contributed by atoms with van der Waals surface area (Å²) in [7, 11) is 0. The third kappa shape index (κ3) is 1.84. The molecular formula is C15H13FN2. The first kappa shape index (κ1) is 10.8. The summed E-state index contributed by atoms with van der Waals surface area (Å²) < 4.78 is 15.6. The first-order chi connectivity index (χ1) is 8.74. The fraction of sp³-hybridized carbons (Fsp3) is 0.0667. The van der Waals surface area contributed by atoms with Crippen molar-refractivity contribution in [2.45, 2.75) is 6.54 Å². The van der Waals surface area contributed by atoms with E-state index in [1.165, 1.54) is 6.07 Å². The topological polar surface area (TPSA) is 30.9 Å². The summed E-state index contributed by atoms with van der Waals surface area (Å²) in [5.41, 5.74) is 8.21. The third-order valence-corrected chi connectivity index (χ3v) is 3.10. The zero-order valence-corrected chi connectivity index (χ0v) is 9.81. The Morgan fingerprint density at radius 3 is 2.72 bits per heavy atom. The van der Waals surface area contributed by atoms with E-state index in [4.69, 9.17) is 5.73 Å². The Morgan fingerprint density at radius 2 is 1.89 bits per heavy atom. The van der Waals surface area contributed by atoms with Gasteiger partial charge in [0.15, 0.2) is 0 Å². The van der Waals surface area contributed by atoms with Gasteiger partial charge in [0, 0.05) is 17.4 Å². The molecular weight excluding hydrogens is 227 g/mol. The van der Waals surface area contributed by atoms with Crippen molar-refractivity contribution in [3.8, 4) is 0 Å². The van der Waals surface area contributed by atoms with Crippen LogP contribution in [0.1, 0.15) is 5.56 Å². The second kappa shape index (κ2) is 4.18. The van der Waals surface area contributed by atoms with Gasteiger partial charge in [-0.05, 0) is 29.7 Å². The van der Waals surface area contributed by atoms with Crippen molar-refractivity contribution in [3.63, 3.8) is 0 Å². The van der Waals surface area contributed by atoms with E-state index in [2.05, 4.69) is 0 Å². The minimum Gasteiger partial charge on any atom is -0.399 e. The van der Waals surface area contributed by atoms with Crippen LogP contribution in [0, 0.1) is 5.82 Å². The molecule has 3 heteroatoms. The van der Waals surface area contributed by atoms with Crippen LogP contribution >= 0.6 is 0 Å². The molecule has 0 spiro atoms. The summed E-state index contributed by atoms with van der Waals surface area (Å²) in [5.74, 6) is -0.178. The average molecular weight is 240 g/mol. The standard InChI is InChI=1S/C15H13FN2/c16-14-4-2-1-3-12(14)10-18-8-7-11-5-6-13(17)9-15(11)18/h1-9H,10,17H2. The fourth-order valence-electron chi connectivity index (χ4n) is 2.15. The largest absolute Gasteiger partial charge is 0.399 e. The van der Waals surface area contributed by atoms with Crippen LogP contribution in [0.15, 0.2) is 54.7 Å². The van der Waals surface area contributed by atoms with Crippen LogP contribution in [0.2, 0.25) is 0 Å². The van der Waals surface area contributed by atoms with Crippen LogP contribution < -0.4 is 5.73 Å². The third-order valence-electron chi connectivity index (χ3n) is 3.10.